The van der Waals surface area contributed by atoms with Gasteiger partial charge in [-0.2, -0.15) is 5.48 Å². The summed E-state index contributed by atoms with van der Waals surface area (Å²) in [5.74, 6) is -5.13. The summed E-state index contributed by atoms with van der Waals surface area (Å²) in [5.41, 5.74) is 32.4. The number of rotatable bonds is 39. The molecule has 1 amide bonds. The Labute approximate surface area is 444 Å². The van der Waals surface area contributed by atoms with Crippen molar-refractivity contribution in [1.29, 1.82) is 0 Å². The number of carbonyl (C=O) groups excluding carboxylic acids is 6. The van der Waals surface area contributed by atoms with E-state index in [4.69, 9.17) is 51.1 Å². The van der Waals surface area contributed by atoms with Crippen LogP contribution in [0.2, 0.25) is 0 Å². The van der Waals surface area contributed by atoms with Crippen molar-refractivity contribution in [3.63, 3.8) is 0 Å². The van der Waals surface area contributed by atoms with Crippen molar-refractivity contribution in [2.45, 2.75) is 142 Å². The minimum Gasteiger partial charge on any atom is -0.507 e. The molecule has 3 aromatic rings. The fourth-order valence-electron chi connectivity index (χ4n) is 8.29. The lowest BCUT2D eigenvalue weighted by molar-refractivity contribution is -0.144. The third kappa shape index (κ3) is 19.2. The summed E-state index contributed by atoms with van der Waals surface area (Å²) in [6, 6.07) is -1.37. The topological polar surface area (TPSA) is 351 Å². The molecule has 0 fully saturated rings. The summed E-state index contributed by atoms with van der Waals surface area (Å²) in [6.07, 6.45) is 9.23. The Kier molecular flexibility index (Phi) is 28.6. The summed E-state index contributed by atoms with van der Waals surface area (Å²) in [7, 11) is 3.94. The number of amides is 1. The first-order valence-corrected chi connectivity index (χ1v) is 25.9. The first kappa shape index (κ1) is 64.2. The largest absolute Gasteiger partial charge is 0.507 e. The number of methoxy groups -OCH3 is 2. The minimum atomic E-state index is -1.21. The average Bonchev–Trinajstić information content (AvgIpc) is 3.39. The smallest absolute Gasteiger partial charge is 0.324 e. The van der Waals surface area contributed by atoms with E-state index in [-0.39, 0.29) is 76.9 Å². The zero-order chi connectivity index (χ0) is 56.3. The van der Waals surface area contributed by atoms with Crippen molar-refractivity contribution in [2.24, 2.45) is 22.9 Å². The van der Waals surface area contributed by atoms with Crippen LogP contribution in [0, 0.1) is 0 Å². The number of unbranched alkanes of at least 4 members (excludes halogenated alkanes) is 4. The molecule has 422 valence electrons. The number of aromatic hydroxyl groups is 1. The number of Topliss-reactive ketones (excluding diaryl/α,β-unsaturated/α-hetero) is 4. The highest BCUT2D eigenvalue weighted by atomic mass is 16.6. The van der Waals surface area contributed by atoms with Crippen LogP contribution in [-0.2, 0) is 51.2 Å². The summed E-state index contributed by atoms with van der Waals surface area (Å²) < 4.78 is 29.3. The molecule has 76 heavy (non-hydrogen) atoms. The third-order valence-electron chi connectivity index (χ3n) is 12.4. The maximum absolute atomic E-state index is 14.8. The number of hydroxylamine groups is 1. The second kappa shape index (κ2) is 33.8. The van der Waals surface area contributed by atoms with Gasteiger partial charge >= 0.3 is 5.97 Å². The molecule has 1 heterocycles. The number of nitrogens with two attached hydrogens (primary N) is 4. The predicted molar refractivity (Wildman–Crippen MR) is 289 cm³/mol. The van der Waals surface area contributed by atoms with Crippen LogP contribution < -0.4 is 64.2 Å². The molecule has 22 nitrogen and oxygen atoms in total. The molecule has 22 heteroatoms. The van der Waals surface area contributed by atoms with E-state index in [1.807, 2.05) is 33.8 Å². The fourth-order valence-corrected chi connectivity index (χ4v) is 8.29. The van der Waals surface area contributed by atoms with Crippen LogP contribution in [0.15, 0.2) is 44.6 Å². The molecular formula is C54H82N8O14. The van der Waals surface area contributed by atoms with Gasteiger partial charge in [0.05, 0.1) is 44.8 Å². The molecular weight excluding hydrogens is 985 g/mol. The number of benzene rings is 2. The molecule has 13 N–H and O–H groups in total. The van der Waals surface area contributed by atoms with E-state index in [1.165, 1.54) is 33.5 Å². The van der Waals surface area contributed by atoms with Gasteiger partial charge in [-0.3, -0.25) is 33.6 Å². The van der Waals surface area contributed by atoms with Crippen molar-refractivity contribution >= 4 is 56.9 Å². The third-order valence-corrected chi connectivity index (χ3v) is 12.4. The fraction of sp³-hybridized carbons (Fsp3) is 0.574. The van der Waals surface area contributed by atoms with Crippen molar-refractivity contribution in [2.75, 3.05) is 60.7 Å². The van der Waals surface area contributed by atoms with E-state index in [0.29, 0.717) is 89.5 Å². The van der Waals surface area contributed by atoms with Crippen molar-refractivity contribution in [3.05, 3.63) is 56.8 Å². The quantitative estimate of drug-likeness (QED) is 0.00988. The van der Waals surface area contributed by atoms with Gasteiger partial charge < -0.3 is 61.6 Å². The molecule has 0 saturated carbocycles. The van der Waals surface area contributed by atoms with E-state index < -0.39 is 83.6 Å². The minimum absolute atomic E-state index is 0.0151. The van der Waals surface area contributed by atoms with Crippen LogP contribution in [0.25, 0.3) is 21.9 Å². The first-order chi connectivity index (χ1) is 36.4. The number of allylic oxidation sites excluding steroid dienone is 4. The Morgan fingerprint density at radius 1 is 0.618 bits per heavy atom. The summed E-state index contributed by atoms with van der Waals surface area (Å²) in [6.45, 7) is 7.50. The van der Waals surface area contributed by atoms with Crippen LogP contribution in [0.4, 0.5) is 0 Å². The van der Waals surface area contributed by atoms with Gasteiger partial charge in [0, 0.05) is 23.3 Å². The van der Waals surface area contributed by atoms with Gasteiger partial charge in [-0.1, -0.05) is 36.1 Å². The van der Waals surface area contributed by atoms with Gasteiger partial charge in [-0.05, 0) is 131 Å². The molecule has 0 aliphatic carbocycles. The summed E-state index contributed by atoms with van der Waals surface area (Å²) in [4.78, 5) is 101. The summed E-state index contributed by atoms with van der Waals surface area (Å²) >= 11 is 0. The molecule has 0 bridgehead atoms. The highest BCUT2D eigenvalue weighted by molar-refractivity contribution is 6.41. The van der Waals surface area contributed by atoms with Crippen molar-refractivity contribution in [1.82, 2.24) is 21.6 Å². The first-order valence-electron chi connectivity index (χ1n) is 25.9. The van der Waals surface area contributed by atoms with E-state index in [0.717, 1.165) is 11.1 Å². The highest BCUT2D eigenvalue weighted by Gasteiger charge is 2.33. The van der Waals surface area contributed by atoms with Crippen LogP contribution in [0.1, 0.15) is 116 Å². The lowest BCUT2D eigenvalue weighted by Crippen LogP contribution is -2.54. The molecule has 0 aliphatic rings. The Hall–Kier alpha value is -6.11. The van der Waals surface area contributed by atoms with E-state index >= 15 is 0 Å². The van der Waals surface area contributed by atoms with Crippen molar-refractivity contribution in [3.8, 4) is 23.0 Å². The highest BCUT2D eigenvalue weighted by Crippen LogP contribution is 2.42. The maximum atomic E-state index is 14.8. The van der Waals surface area contributed by atoms with Crippen LogP contribution in [0.3, 0.4) is 0 Å². The van der Waals surface area contributed by atoms with Crippen LogP contribution in [-0.4, -0.2) is 125 Å². The molecule has 0 aliphatic heterocycles. The normalized spacial score (nSPS) is 12.8. The molecule has 0 unspecified atom stereocenters. The van der Waals surface area contributed by atoms with Gasteiger partial charge in [-0.25, -0.2) is 10.9 Å². The number of fused-ring (bicyclic) bond motifs is 2. The number of ketones is 4. The van der Waals surface area contributed by atoms with Gasteiger partial charge in [0.1, 0.15) is 34.1 Å². The second-order valence-corrected chi connectivity index (χ2v) is 18.9. The monoisotopic (exact) mass is 1070 g/mol. The number of phenols is 1. The number of hydrogen-bond acceptors (Lipinski definition) is 21. The molecule has 0 radical (unpaired) electrons. The van der Waals surface area contributed by atoms with E-state index in [9.17, 15) is 38.7 Å². The Morgan fingerprint density at radius 2 is 1.11 bits per heavy atom. The number of hydrazine groups is 1. The number of phenolic OH excluding ortho intramolecular Hbond substituents is 1. The zero-order valence-electron chi connectivity index (χ0n) is 45.3. The Bertz CT molecular complexity index is 2550. The van der Waals surface area contributed by atoms with Gasteiger partial charge in [0.15, 0.2) is 24.7 Å². The van der Waals surface area contributed by atoms with Crippen molar-refractivity contribution < 1.29 is 62.1 Å². The standard InChI is InChI=1S/C54H82N8O14/c1-32(2)20-22-34-41(74-30-40(63)49(66)37(17-9-13-25-56)60-61-39(54(70)72-6)19-11-15-27-58)28-43-47(48(34)65)52(69)46-35(23-21-33(3)4)53(71-5)44(29-42(46)76-43)75-31-45(64)59-36(16-8-12-24-55)50(67)51(68)38(62-73-7)18-10-14-26-57/h20-21,28-29,36-39,60-62,65H,8-19,22-27,30-31,55-58H2,1-7H3,(H,59,64)/t36-,37-,38-,39-/m0/s1. The SMILES string of the molecule is CON[C@@H](CCCCN)C(=O)C(=O)[C@H](CCCCN)NC(=O)COc1cc2oc3cc(OCC(=O)C(=O)[C@H](CCCCN)NN[C@@H](CCCCN)C(=O)OC)c(CC=C(C)C)c(O)c3c(=O)c2c(CC=C(C)C)c1OC. The number of ether oxygens (including phenoxy) is 4. The lowest BCUT2D eigenvalue weighted by Gasteiger charge is -2.22. The molecule has 0 saturated heterocycles. The molecule has 1 aromatic heterocycles. The van der Waals surface area contributed by atoms with Crippen LogP contribution in [0.5, 0.6) is 23.0 Å². The van der Waals surface area contributed by atoms with E-state index in [1.54, 1.807) is 6.08 Å². The Morgan fingerprint density at radius 3 is 1.64 bits per heavy atom. The number of hydrogen-bond donors (Lipinski definition) is 9. The molecule has 4 atom stereocenters. The second-order valence-electron chi connectivity index (χ2n) is 18.9. The summed E-state index contributed by atoms with van der Waals surface area (Å²) in [5, 5.41) is 14.5. The predicted octanol–water partition coefficient (Wildman–Crippen LogP) is 3.24. The number of carbonyl (C=O) groups is 6. The van der Waals surface area contributed by atoms with Crippen LogP contribution >= 0.6 is 0 Å². The van der Waals surface area contributed by atoms with Gasteiger partial charge in [0.2, 0.25) is 28.6 Å². The van der Waals surface area contributed by atoms with E-state index in [2.05, 4.69) is 21.6 Å². The molecule has 2 aromatic carbocycles. The van der Waals surface area contributed by atoms with Gasteiger partial charge in [0.25, 0.3) is 5.91 Å². The molecule has 0 spiro atoms. The number of nitrogens with one attached hydrogen (secondary N) is 4. The number of esters is 1. The maximum Gasteiger partial charge on any atom is 0.324 e. The molecule has 3 rings (SSSR count). The zero-order valence-corrected chi connectivity index (χ0v) is 45.3. The average molecular weight is 1070 g/mol. The Balaban J connectivity index is 2.11. The van der Waals surface area contributed by atoms with Gasteiger partial charge in [-0.15, -0.1) is 0 Å². The lowest BCUT2D eigenvalue weighted by atomic mass is 9.96.